The zero-order valence-corrected chi connectivity index (χ0v) is 19.3. The van der Waals surface area contributed by atoms with E-state index in [9.17, 15) is 18.0 Å². The third-order valence-electron chi connectivity index (χ3n) is 5.83. The average molecular weight is 463 g/mol. The zero-order valence-electron chi connectivity index (χ0n) is 18.5. The molecule has 3 aromatic rings. The van der Waals surface area contributed by atoms with Gasteiger partial charge in [-0.1, -0.05) is 60.7 Å². The normalized spacial score (nSPS) is 14.0. The fraction of sp³-hybridized carbons (Fsp3) is 0.231. The van der Waals surface area contributed by atoms with E-state index in [1.165, 1.54) is 19.1 Å². The topological polar surface area (TPSA) is 83.6 Å². The van der Waals surface area contributed by atoms with E-state index >= 15 is 0 Å². The average Bonchev–Trinajstić information content (AvgIpc) is 3.23. The van der Waals surface area contributed by atoms with E-state index in [1.807, 2.05) is 53.4 Å². The Balaban J connectivity index is 1.50. The van der Waals surface area contributed by atoms with Crippen molar-refractivity contribution in [3.05, 3.63) is 89.5 Å². The van der Waals surface area contributed by atoms with Crippen LogP contribution in [-0.2, 0) is 27.9 Å². The minimum Gasteiger partial charge on any atom is -0.338 e. The number of ketones is 1. The number of Topliss-reactive ketones (excluding diaryl/α,β-unsaturated/α-hetero) is 1. The molecule has 0 unspecified atom stereocenters. The summed E-state index contributed by atoms with van der Waals surface area (Å²) in [5.74, 6) is 0.0143. The van der Waals surface area contributed by atoms with E-state index in [4.69, 9.17) is 0 Å². The Kier molecular flexibility index (Phi) is 6.72. The first-order valence-corrected chi connectivity index (χ1v) is 12.4. The summed E-state index contributed by atoms with van der Waals surface area (Å²) >= 11 is 0. The van der Waals surface area contributed by atoms with Crippen molar-refractivity contribution in [1.82, 2.24) is 9.62 Å². The van der Waals surface area contributed by atoms with Gasteiger partial charge in [0.05, 0.1) is 4.90 Å². The maximum Gasteiger partial charge on any atom is 0.240 e. The number of hydrogen-bond acceptors (Lipinski definition) is 4. The molecule has 170 valence electrons. The van der Waals surface area contributed by atoms with Crippen molar-refractivity contribution in [2.24, 2.45) is 0 Å². The van der Waals surface area contributed by atoms with Crippen molar-refractivity contribution in [3.63, 3.8) is 0 Å². The summed E-state index contributed by atoms with van der Waals surface area (Å²) in [6, 6.07) is 21.7. The molecule has 0 atom stereocenters. The highest BCUT2D eigenvalue weighted by Gasteiger charge is 2.20. The second kappa shape index (κ2) is 9.68. The van der Waals surface area contributed by atoms with Crippen molar-refractivity contribution in [2.45, 2.75) is 37.8 Å². The molecule has 0 bridgehead atoms. The predicted octanol–water partition coefficient (Wildman–Crippen LogP) is 4.16. The van der Waals surface area contributed by atoms with Gasteiger partial charge in [0, 0.05) is 31.6 Å². The summed E-state index contributed by atoms with van der Waals surface area (Å²) in [6.45, 7) is 2.94. The molecule has 6 nitrogen and oxygen atoms in total. The summed E-state index contributed by atoms with van der Waals surface area (Å²) in [6.07, 6.45) is 1.54. The lowest BCUT2D eigenvalue weighted by molar-refractivity contribution is -0.128. The Morgan fingerprint density at radius 2 is 1.76 bits per heavy atom. The third kappa shape index (κ3) is 5.38. The van der Waals surface area contributed by atoms with Crippen LogP contribution in [0.15, 0.2) is 77.7 Å². The van der Waals surface area contributed by atoms with Gasteiger partial charge in [-0.3, -0.25) is 9.59 Å². The van der Waals surface area contributed by atoms with Gasteiger partial charge >= 0.3 is 0 Å². The van der Waals surface area contributed by atoms with Crippen molar-refractivity contribution >= 4 is 21.7 Å². The SMILES string of the molecule is CC(=O)c1cccc(S(=O)(=O)NCc2ccccc2-c2ccc(CN3CCCC3=O)cc2)c1. The molecule has 33 heavy (non-hydrogen) atoms. The van der Waals surface area contributed by atoms with Crippen molar-refractivity contribution in [3.8, 4) is 11.1 Å². The first-order chi connectivity index (χ1) is 15.8. The number of carbonyl (C=O) groups is 2. The van der Waals surface area contributed by atoms with Crippen LogP contribution in [0.3, 0.4) is 0 Å². The molecular weight excluding hydrogens is 436 g/mol. The Morgan fingerprint density at radius 1 is 1.00 bits per heavy atom. The van der Waals surface area contributed by atoms with Crippen LogP contribution in [0.1, 0.15) is 41.3 Å². The first-order valence-electron chi connectivity index (χ1n) is 10.9. The first kappa shape index (κ1) is 22.9. The van der Waals surface area contributed by atoms with Crippen LogP contribution in [0.25, 0.3) is 11.1 Å². The van der Waals surface area contributed by atoms with Crippen LogP contribution in [-0.4, -0.2) is 31.6 Å². The minimum absolute atomic E-state index is 0.0634. The molecule has 1 aliphatic rings. The molecule has 4 rings (SSSR count). The fourth-order valence-electron chi connectivity index (χ4n) is 3.98. The predicted molar refractivity (Wildman–Crippen MR) is 127 cm³/mol. The summed E-state index contributed by atoms with van der Waals surface area (Å²) in [7, 11) is -3.78. The second-order valence-corrected chi connectivity index (χ2v) is 9.95. The molecule has 1 heterocycles. The third-order valence-corrected chi connectivity index (χ3v) is 7.23. The highest BCUT2D eigenvalue weighted by atomic mass is 32.2. The van der Waals surface area contributed by atoms with E-state index in [-0.39, 0.29) is 23.1 Å². The monoisotopic (exact) mass is 462 g/mol. The highest BCUT2D eigenvalue weighted by Crippen LogP contribution is 2.25. The van der Waals surface area contributed by atoms with Gasteiger partial charge in [0.25, 0.3) is 0 Å². The van der Waals surface area contributed by atoms with E-state index in [0.717, 1.165) is 35.2 Å². The van der Waals surface area contributed by atoms with E-state index in [2.05, 4.69) is 4.72 Å². The Labute approximate surface area is 194 Å². The maximum atomic E-state index is 12.8. The fourth-order valence-corrected chi connectivity index (χ4v) is 5.03. The lowest BCUT2D eigenvalue weighted by atomic mass is 9.98. The highest BCUT2D eigenvalue weighted by molar-refractivity contribution is 7.89. The molecule has 0 aromatic heterocycles. The Morgan fingerprint density at radius 3 is 2.45 bits per heavy atom. The van der Waals surface area contributed by atoms with Crippen LogP contribution in [0.5, 0.6) is 0 Å². The van der Waals surface area contributed by atoms with Gasteiger partial charge < -0.3 is 4.90 Å². The largest absolute Gasteiger partial charge is 0.338 e. The number of rotatable bonds is 8. The number of benzene rings is 3. The molecule has 7 heteroatoms. The number of sulfonamides is 1. The van der Waals surface area contributed by atoms with Crippen LogP contribution < -0.4 is 4.72 Å². The van der Waals surface area contributed by atoms with Gasteiger partial charge in [-0.15, -0.1) is 0 Å². The van der Waals surface area contributed by atoms with Crippen molar-refractivity contribution in [1.29, 1.82) is 0 Å². The quantitative estimate of drug-likeness (QED) is 0.510. The molecule has 1 aliphatic heterocycles. The summed E-state index contributed by atoms with van der Waals surface area (Å²) < 4.78 is 28.3. The Bertz CT molecular complexity index is 1280. The van der Waals surface area contributed by atoms with Crippen LogP contribution in [0, 0.1) is 0 Å². The summed E-state index contributed by atoms with van der Waals surface area (Å²) in [5.41, 5.74) is 4.17. The standard InChI is InChI=1S/C26H26N2O4S/c1-19(29)22-7-4-8-24(16-22)33(31,32)27-17-23-6-2-3-9-25(23)21-13-11-20(12-14-21)18-28-15-5-10-26(28)30/h2-4,6-9,11-14,16,27H,5,10,15,17-18H2,1H3. The molecule has 1 amide bonds. The second-order valence-electron chi connectivity index (χ2n) is 8.18. The van der Waals surface area contributed by atoms with Crippen LogP contribution >= 0.6 is 0 Å². The lowest BCUT2D eigenvalue weighted by Gasteiger charge is -2.16. The molecular formula is C26H26N2O4S. The van der Waals surface area contributed by atoms with Crippen LogP contribution in [0.2, 0.25) is 0 Å². The van der Waals surface area contributed by atoms with Gasteiger partial charge in [0.2, 0.25) is 15.9 Å². The number of hydrogen-bond donors (Lipinski definition) is 1. The van der Waals surface area contributed by atoms with Crippen LogP contribution in [0.4, 0.5) is 0 Å². The number of carbonyl (C=O) groups excluding carboxylic acids is 2. The van der Waals surface area contributed by atoms with E-state index in [0.29, 0.717) is 18.5 Å². The van der Waals surface area contributed by atoms with Gasteiger partial charge in [-0.2, -0.15) is 0 Å². The van der Waals surface area contributed by atoms with Crippen molar-refractivity contribution < 1.29 is 18.0 Å². The lowest BCUT2D eigenvalue weighted by Crippen LogP contribution is -2.24. The van der Waals surface area contributed by atoms with E-state index < -0.39 is 10.0 Å². The molecule has 0 aliphatic carbocycles. The van der Waals surface area contributed by atoms with Gasteiger partial charge in [-0.05, 0) is 47.7 Å². The number of nitrogens with zero attached hydrogens (tertiary/aromatic N) is 1. The van der Waals surface area contributed by atoms with Gasteiger partial charge in [0.1, 0.15) is 0 Å². The van der Waals surface area contributed by atoms with Crippen molar-refractivity contribution in [2.75, 3.05) is 6.54 Å². The zero-order chi connectivity index (χ0) is 23.4. The summed E-state index contributed by atoms with van der Waals surface area (Å²) in [4.78, 5) is 25.4. The molecule has 3 aromatic carbocycles. The maximum absolute atomic E-state index is 12.8. The number of nitrogens with one attached hydrogen (secondary N) is 1. The molecule has 1 saturated heterocycles. The molecule has 1 fully saturated rings. The minimum atomic E-state index is -3.78. The molecule has 0 radical (unpaired) electrons. The van der Waals surface area contributed by atoms with Gasteiger partial charge in [-0.25, -0.2) is 13.1 Å². The molecule has 0 saturated carbocycles. The summed E-state index contributed by atoms with van der Waals surface area (Å²) in [5, 5.41) is 0. The molecule has 1 N–H and O–H groups in total. The molecule has 0 spiro atoms. The Hall–Kier alpha value is -3.29. The van der Waals surface area contributed by atoms with E-state index in [1.54, 1.807) is 12.1 Å². The smallest absolute Gasteiger partial charge is 0.240 e. The number of likely N-dealkylation sites (tertiary alicyclic amines) is 1. The van der Waals surface area contributed by atoms with Gasteiger partial charge in [0.15, 0.2) is 5.78 Å². The number of amides is 1.